The monoisotopic (exact) mass is 533 g/mol. The van der Waals surface area contributed by atoms with Gasteiger partial charge >= 0.3 is 5.97 Å². The van der Waals surface area contributed by atoms with E-state index in [0.717, 1.165) is 28.7 Å². The van der Waals surface area contributed by atoms with Crippen LogP contribution in [0.3, 0.4) is 0 Å². The third-order valence-corrected chi connectivity index (χ3v) is 7.07. The van der Waals surface area contributed by atoms with Gasteiger partial charge in [-0.15, -0.1) is 0 Å². The fourth-order valence-corrected chi connectivity index (χ4v) is 4.54. The number of carbonyl (C=O) groups excluding carboxylic acids is 1. The van der Waals surface area contributed by atoms with E-state index in [4.69, 9.17) is 37.8 Å². The Kier molecular flexibility index (Phi) is 8.20. The summed E-state index contributed by atoms with van der Waals surface area (Å²) in [5.74, 6) is -1.03. The Bertz CT molecular complexity index is 1270. The van der Waals surface area contributed by atoms with Gasteiger partial charge in [0.05, 0.1) is 41.8 Å². The Balaban J connectivity index is 1.40. The molecule has 10 heteroatoms. The number of carboxylic acids is 1. The zero-order valence-corrected chi connectivity index (χ0v) is 21.8. The van der Waals surface area contributed by atoms with Gasteiger partial charge in [-0.3, -0.25) is 9.59 Å². The highest BCUT2D eigenvalue weighted by atomic mass is 35.5. The highest BCUT2D eigenvalue weighted by molar-refractivity contribution is 6.42. The summed E-state index contributed by atoms with van der Waals surface area (Å²) >= 11 is 12.3. The summed E-state index contributed by atoms with van der Waals surface area (Å²) in [4.78, 5) is 30.4. The Morgan fingerprint density at radius 3 is 2.67 bits per heavy atom. The fraction of sp³-hybridized carbons (Fsp3) is 0.423. The lowest BCUT2D eigenvalue weighted by atomic mass is 9.95. The van der Waals surface area contributed by atoms with Gasteiger partial charge in [0.2, 0.25) is 5.91 Å². The molecule has 0 saturated carbocycles. The minimum Gasteiger partial charge on any atom is -0.481 e. The molecule has 0 saturated heterocycles. The third-order valence-electron chi connectivity index (χ3n) is 6.33. The van der Waals surface area contributed by atoms with Crippen molar-refractivity contribution in [1.82, 2.24) is 14.5 Å². The van der Waals surface area contributed by atoms with Crippen LogP contribution in [0.2, 0.25) is 10.0 Å². The largest absolute Gasteiger partial charge is 0.481 e. The summed E-state index contributed by atoms with van der Waals surface area (Å²) in [7, 11) is 0. The van der Waals surface area contributed by atoms with Crippen LogP contribution >= 0.6 is 23.2 Å². The standard InChI is InChI=1S/C26H29Cl2N3O5/c1-26(2,25(33)34)16-36-11-10-35-15-23(32)30-9-7-18-19-4-3-8-29-24(19)31(22(18)14-30)13-17-5-6-20(27)21(28)12-17/h3-6,8,12H,7,9-11,13-16H2,1-2H3,(H,33,34). The van der Waals surface area contributed by atoms with E-state index in [0.29, 0.717) is 29.7 Å². The molecule has 2 aromatic heterocycles. The van der Waals surface area contributed by atoms with Crippen LogP contribution in [0.5, 0.6) is 0 Å². The van der Waals surface area contributed by atoms with Crippen LogP contribution in [0.25, 0.3) is 11.0 Å². The molecule has 0 radical (unpaired) electrons. The third kappa shape index (κ3) is 5.83. The van der Waals surface area contributed by atoms with Crippen LogP contribution in [-0.4, -0.2) is 64.4 Å². The van der Waals surface area contributed by atoms with Crippen LogP contribution in [0, 0.1) is 5.41 Å². The van der Waals surface area contributed by atoms with E-state index in [1.54, 1.807) is 31.0 Å². The topological polar surface area (TPSA) is 93.9 Å². The van der Waals surface area contributed by atoms with E-state index < -0.39 is 11.4 Å². The Hall–Kier alpha value is -2.65. The molecule has 8 nitrogen and oxygen atoms in total. The quantitative estimate of drug-likeness (QED) is 0.387. The number of aromatic nitrogens is 2. The molecule has 4 rings (SSSR count). The lowest BCUT2D eigenvalue weighted by Crippen LogP contribution is -2.39. The molecule has 0 aliphatic carbocycles. The molecular formula is C26H29Cl2N3O5. The first-order chi connectivity index (χ1) is 17.2. The average molecular weight is 534 g/mol. The number of ether oxygens (including phenoxy) is 2. The molecule has 0 spiro atoms. The smallest absolute Gasteiger partial charge is 0.311 e. The molecular weight excluding hydrogens is 505 g/mol. The Morgan fingerprint density at radius 2 is 1.92 bits per heavy atom. The fourth-order valence-electron chi connectivity index (χ4n) is 4.22. The molecule has 1 aliphatic heterocycles. The minimum absolute atomic E-state index is 0.0632. The molecule has 0 fully saturated rings. The van der Waals surface area contributed by atoms with Gasteiger partial charge in [-0.25, -0.2) is 4.98 Å². The van der Waals surface area contributed by atoms with Crippen LogP contribution < -0.4 is 0 Å². The lowest BCUT2D eigenvalue weighted by Gasteiger charge is -2.28. The predicted octanol–water partition coefficient (Wildman–Crippen LogP) is 4.42. The van der Waals surface area contributed by atoms with Crippen molar-refractivity contribution in [3.8, 4) is 0 Å². The number of aliphatic carboxylic acids is 1. The first-order valence-electron chi connectivity index (χ1n) is 11.7. The molecule has 1 N–H and O–H groups in total. The second kappa shape index (κ2) is 11.2. The first kappa shape index (κ1) is 26.4. The van der Waals surface area contributed by atoms with E-state index in [1.807, 2.05) is 18.2 Å². The molecule has 1 aromatic carbocycles. The SMILES string of the molecule is CC(C)(COCCOCC(=O)N1CCc2c(n(Cc3ccc(Cl)c(Cl)c3)c3ncccc23)C1)C(=O)O. The second-order valence-corrected chi connectivity index (χ2v) is 10.3. The summed E-state index contributed by atoms with van der Waals surface area (Å²) in [6.45, 7) is 5.25. The van der Waals surface area contributed by atoms with Crippen molar-refractivity contribution in [2.75, 3.05) is 33.0 Å². The summed E-state index contributed by atoms with van der Waals surface area (Å²) < 4.78 is 13.0. The summed E-state index contributed by atoms with van der Waals surface area (Å²) in [6.07, 6.45) is 2.50. The normalized spacial score (nSPS) is 13.7. The first-order valence-corrected chi connectivity index (χ1v) is 12.5. The maximum absolute atomic E-state index is 12.9. The van der Waals surface area contributed by atoms with Gasteiger partial charge in [0, 0.05) is 30.4 Å². The number of benzene rings is 1. The molecule has 3 heterocycles. The minimum atomic E-state index is -0.966. The number of nitrogens with zero attached hydrogens (tertiary/aromatic N) is 3. The Morgan fingerprint density at radius 1 is 1.14 bits per heavy atom. The lowest BCUT2D eigenvalue weighted by molar-refractivity contribution is -0.150. The zero-order chi connectivity index (χ0) is 25.9. The van der Waals surface area contributed by atoms with Crippen LogP contribution in [0.1, 0.15) is 30.7 Å². The van der Waals surface area contributed by atoms with Crippen molar-refractivity contribution in [3.05, 3.63) is 63.4 Å². The van der Waals surface area contributed by atoms with Gasteiger partial charge in [-0.05, 0) is 55.7 Å². The maximum Gasteiger partial charge on any atom is 0.311 e. The molecule has 36 heavy (non-hydrogen) atoms. The van der Waals surface area contributed by atoms with Gasteiger partial charge < -0.3 is 24.0 Å². The molecule has 3 aromatic rings. The van der Waals surface area contributed by atoms with Gasteiger partial charge in [0.25, 0.3) is 0 Å². The van der Waals surface area contributed by atoms with Crippen molar-refractivity contribution in [2.24, 2.45) is 5.41 Å². The summed E-state index contributed by atoms with van der Waals surface area (Å²) in [5.41, 5.74) is 3.16. The number of halogens is 2. The van der Waals surface area contributed by atoms with E-state index in [1.165, 1.54) is 5.56 Å². The van der Waals surface area contributed by atoms with Crippen LogP contribution in [0.15, 0.2) is 36.5 Å². The molecule has 0 bridgehead atoms. The van der Waals surface area contributed by atoms with E-state index in [-0.39, 0.29) is 32.3 Å². The van der Waals surface area contributed by atoms with E-state index in [9.17, 15) is 9.59 Å². The van der Waals surface area contributed by atoms with Gasteiger partial charge in [-0.1, -0.05) is 29.3 Å². The van der Waals surface area contributed by atoms with Crippen LogP contribution in [0.4, 0.5) is 0 Å². The highest BCUT2D eigenvalue weighted by Crippen LogP contribution is 2.31. The number of hydrogen-bond donors (Lipinski definition) is 1. The number of fused-ring (bicyclic) bond motifs is 3. The molecule has 0 atom stereocenters. The average Bonchev–Trinajstić information content (AvgIpc) is 3.16. The van der Waals surface area contributed by atoms with Crippen LogP contribution in [-0.2, 0) is 38.6 Å². The molecule has 1 amide bonds. The van der Waals surface area contributed by atoms with Gasteiger partial charge in [0.1, 0.15) is 12.3 Å². The molecule has 1 aliphatic rings. The summed E-state index contributed by atoms with van der Waals surface area (Å²) in [6, 6.07) is 9.57. The number of carboxylic acid groups (broad SMARTS) is 1. The van der Waals surface area contributed by atoms with Crippen molar-refractivity contribution >= 4 is 46.1 Å². The van der Waals surface area contributed by atoms with E-state index in [2.05, 4.69) is 15.6 Å². The number of carbonyl (C=O) groups is 2. The van der Waals surface area contributed by atoms with E-state index >= 15 is 0 Å². The second-order valence-electron chi connectivity index (χ2n) is 9.49. The predicted molar refractivity (Wildman–Crippen MR) is 137 cm³/mol. The number of hydrogen-bond acceptors (Lipinski definition) is 5. The number of amides is 1. The van der Waals surface area contributed by atoms with Crippen molar-refractivity contribution in [1.29, 1.82) is 0 Å². The maximum atomic E-state index is 12.9. The zero-order valence-electron chi connectivity index (χ0n) is 20.3. The summed E-state index contributed by atoms with van der Waals surface area (Å²) in [5, 5.41) is 11.2. The number of rotatable bonds is 10. The molecule has 192 valence electrons. The van der Waals surface area contributed by atoms with Gasteiger partial charge in [0.15, 0.2) is 0 Å². The van der Waals surface area contributed by atoms with Gasteiger partial charge in [-0.2, -0.15) is 0 Å². The van der Waals surface area contributed by atoms with Crippen molar-refractivity contribution < 1.29 is 24.2 Å². The molecule has 0 unspecified atom stereocenters. The Labute approximate surface area is 219 Å². The number of pyridine rings is 1. The highest BCUT2D eigenvalue weighted by Gasteiger charge is 2.28. The van der Waals surface area contributed by atoms with Crippen molar-refractivity contribution in [2.45, 2.75) is 33.4 Å². The van der Waals surface area contributed by atoms with Crippen molar-refractivity contribution in [3.63, 3.8) is 0 Å².